The van der Waals surface area contributed by atoms with Gasteiger partial charge in [0.2, 0.25) is 9.76 Å². The normalized spacial score (nSPS) is 12.6. The Labute approximate surface area is 145 Å². The standard InChI is InChI=1S/C20H34O2Si/c1-13-14(2)18(22-20(7,8)9)16(11-10-12-23-21)15(3)17(13)19(4,5)6/h21H,10-12H2,1-9H3. The van der Waals surface area contributed by atoms with Gasteiger partial charge in [-0.2, -0.15) is 0 Å². The molecule has 1 aromatic carbocycles. The molecule has 2 radical (unpaired) electrons. The zero-order chi connectivity index (χ0) is 18.0. The van der Waals surface area contributed by atoms with Gasteiger partial charge in [0.25, 0.3) is 0 Å². The predicted octanol–water partition coefficient (Wildman–Crippen LogP) is 5.05. The Kier molecular flexibility index (Phi) is 6.51. The van der Waals surface area contributed by atoms with Crippen molar-refractivity contribution in [3.05, 3.63) is 27.8 Å². The van der Waals surface area contributed by atoms with Crippen molar-refractivity contribution < 1.29 is 9.53 Å². The molecule has 0 aliphatic heterocycles. The van der Waals surface area contributed by atoms with Gasteiger partial charge in [-0.25, -0.2) is 0 Å². The van der Waals surface area contributed by atoms with Gasteiger partial charge in [0, 0.05) is 0 Å². The molecule has 0 spiro atoms. The lowest BCUT2D eigenvalue weighted by atomic mass is 9.77. The van der Waals surface area contributed by atoms with Crippen LogP contribution in [0, 0.1) is 20.8 Å². The van der Waals surface area contributed by atoms with Gasteiger partial charge in [0.1, 0.15) is 11.4 Å². The fourth-order valence-corrected chi connectivity index (χ4v) is 3.74. The molecule has 0 unspecified atom stereocenters. The average Bonchev–Trinajstić information content (AvgIpc) is 2.36. The minimum absolute atomic E-state index is 0.0332. The number of ether oxygens (including phenoxy) is 1. The van der Waals surface area contributed by atoms with Gasteiger partial charge in [0.05, 0.1) is 0 Å². The molecule has 3 heteroatoms. The fraction of sp³-hybridized carbons (Fsp3) is 0.700. The van der Waals surface area contributed by atoms with Gasteiger partial charge in [-0.1, -0.05) is 20.8 Å². The molecule has 1 rings (SSSR count). The van der Waals surface area contributed by atoms with E-state index in [1.165, 1.54) is 27.8 Å². The van der Waals surface area contributed by atoms with Gasteiger partial charge in [-0.05, 0) is 93.7 Å². The molecule has 0 atom stereocenters. The van der Waals surface area contributed by atoms with E-state index in [-0.39, 0.29) is 20.8 Å². The first kappa shape index (κ1) is 20.2. The molecule has 1 aromatic rings. The summed E-state index contributed by atoms with van der Waals surface area (Å²) in [4.78, 5) is 9.15. The lowest BCUT2D eigenvalue weighted by molar-refractivity contribution is 0.128. The molecule has 0 aliphatic rings. The molecule has 0 aliphatic carbocycles. The molecule has 0 bridgehead atoms. The average molecular weight is 335 g/mol. The van der Waals surface area contributed by atoms with Gasteiger partial charge in [-0.3, -0.25) is 0 Å². The second-order valence-corrected chi connectivity index (χ2v) is 9.35. The van der Waals surface area contributed by atoms with Crippen LogP contribution in [0.15, 0.2) is 0 Å². The van der Waals surface area contributed by atoms with Gasteiger partial charge in [-0.15, -0.1) is 0 Å². The smallest absolute Gasteiger partial charge is 0.224 e. The molecule has 130 valence electrons. The number of benzene rings is 1. The summed E-state index contributed by atoms with van der Waals surface area (Å²) in [6.07, 6.45) is 1.97. The molecule has 0 amide bonds. The van der Waals surface area contributed by atoms with E-state index >= 15 is 0 Å². The van der Waals surface area contributed by atoms with Crippen molar-refractivity contribution in [2.45, 2.75) is 92.2 Å². The molecule has 0 fully saturated rings. The van der Waals surface area contributed by atoms with Crippen LogP contribution in [-0.2, 0) is 11.8 Å². The highest BCUT2D eigenvalue weighted by Crippen LogP contribution is 2.40. The minimum Gasteiger partial charge on any atom is -0.488 e. The SMILES string of the molecule is Cc1c(C)c(C(C)(C)C)c(C)c(CCC[Si]O)c1OC(C)(C)C. The van der Waals surface area contributed by atoms with Crippen molar-refractivity contribution in [1.29, 1.82) is 0 Å². The number of hydrogen-bond donors (Lipinski definition) is 1. The predicted molar refractivity (Wildman–Crippen MR) is 101 cm³/mol. The summed E-state index contributed by atoms with van der Waals surface area (Å²) in [5.74, 6) is 1.06. The summed E-state index contributed by atoms with van der Waals surface area (Å²) in [6, 6.07) is 0.867. The zero-order valence-corrected chi connectivity index (χ0v) is 17.5. The maximum absolute atomic E-state index is 9.15. The van der Waals surface area contributed by atoms with E-state index in [0.29, 0.717) is 0 Å². The first-order valence-electron chi connectivity index (χ1n) is 8.59. The summed E-state index contributed by atoms with van der Waals surface area (Å²) in [7, 11) is 0.0332. The maximum atomic E-state index is 9.15. The lowest BCUT2D eigenvalue weighted by Crippen LogP contribution is -2.26. The van der Waals surface area contributed by atoms with Crippen LogP contribution in [0.5, 0.6) is 5.75 Å². The fourth-order valence-electron chi connectivity index (χ4n) is 3.40. The van der Waals surface area contributed by atoms with Crippen LogP contribution in [0.1, 0.15) is 75.8 Å². The van der Waals surface area contributed by atoms with E-state index in [1.807, 2.05) is 0 Å². The van der Waals surface area contributed by atoms with Gasteiger partial charge >= 0.3 is 0 Å². The first-order valence-corrected chi connectivity index (χ1v) is 9.74. The van der Waals surface area contributed by atoms with Crippen LogP contribution in [-0.4, -0.2) is 20.2 Å². The highest BCUT2D eigenvalue weighted by molar-refractivity contribution is 6.25. The molecule has 0 aromatic heterocycles. The van der Waals surface area contributed by atoms with Crippen LogP contribution in [0.25, 0.3) is 0 Å². The van der Waals surface area contributed by atoms with E-state index in [4.69, 9.17) is 9.53 Å². The van der Waals surface area contributed by atoms with Crippen molar-refractivity contribution in [1.82, 2.24) is 0 Å². The Hall–Kier alpha value is -0.803. The third-order valence-corrected chi connectivity index (χ3v) is 4.83. The van der Waals surface area contributed by atoms with Gasteiger partial charge < -0.3 is 9.53 Å². The molecular formula is C20H34O2Si. The third kappa shape index (κ3) is 5.08. The van der Waals surface area contributed by atoms with Crippen molar-refractivity contribution in [2.75, 3.05) is 0 Å². The number of rotatable bonds is 5. The van der Waals surface area contributed by atoms with E-state index in [0.717, 1.165) is 24.6 Å². The van der Waals surface area contributed by atoms with Crippen molar-refractivity contribution in [3.63, 3.8) is 0 Å². The molecule has 0 saturated heterocycles. The Balaban J connectivity index is 3.54. The first-order chi connectivity index (χ1) is 10.4. The molecule has 1 N–H and O–H groups in total. The maximum Gasteiger partial charge on any atom is 0.224 e. The molecule has 2 nitrogen and oxygen atoms in total. The van der Waals surface area contributed by atoms with E-state index in [2.05, 4.69) is 62.3 Å². The Morgan fingerprint density at radius 2 is 1.48 bits per heavy atom. The highest BCUT2D eigenvalue weighted by Gasteiger charge is 2.27. The van der Waals surface area contributed by atoms with Crippen LogP contribution in [0.2, 0.25) is 6.04 Å². The second-order valence-electron chi connectivity index (χ2n) is 8.53. The van der Waals surface area contributed by atoms with E-state index in [9.17, 15) is 0 Å². The molecule has 0 heterocycles. The monoisotopic (exact) mass is 334 g/mol. The summed E-state index contributed by atoms with van der Waals surface area (Å²) in [6.45, 7) is 19.8. The minimum atomic E-state index is -0.208. The zero-order valence-electron chi connectivity index (χ0n) is 16.5. The van der Waals surface area contributed by atoms with E-state index < -0.39 is 0 Å². The van der Waals surface area contributed by atoms with Crippen LogP contribution in [0.4, 0.5) is 0 Å². The third-order valence-electron chi connectivity index (χ3n) is 4.25. The Bertz CT molecular complexity index is 548. The number of hydrogen-bond acceptors (Lipinski definition) is 2. The topological polar surface area (TPSA) is 29.5 Å². The molecular weight excluding hydrogens is 300 g/mol. The Morgan fingerprint density at radius 3 is 1.91 bits per heavy atom. The van der Waals surface area contributed by atoms with Crippen molar-refractivity contribution in [3.8, 4) is 5.75 Å². The quantitative estimate of drug-likeness (QED) is 0.603. The lowest BCUT2D eigenvalue weighted by Gasteiger charge is -2.32. The summed E-state index contributed by atoms with van der Waals surface area (Å²) < 4.78 is 6.36. The van der Waals surface area contributed by atoms with Crippen LogP contribution < -0.4 is 4.74 Å². The molecule has 0 saturated carbocycles. The summed E-state index contributed by atoms with van der Waals surface area (Å²) in [5, 5.41) is 0. The largest absolute Gasteiger partial charge is 0.488 e. The molecule has 23 heavy (non-hydrogen) atoms. The van der Waals surface area contributed by atoms with Gasteiger partial charge in [0.15, 0.2) is 0 Å². The van der Waals surface area contributed by atoms with Crippen LogP contribution in [0.3, 0.4) is 0 Å². The van der Waals surface area contributed by atoms with Crippen molar-refractivity contribution >= 4 is 9.76 Å². The van der Waals surface area contributed by atoms with Crippen LogP contribution >= 0.6 is 0 Å². The highest BCUT2D eigenvalue weighted by atomic mass is 28.2. The van der Waals surface area contributed by atoms with E-state index in [1.54, 1.807) is 0 Å². The Morgan fingerprint density at radius 1 is 0.913 bits per heavy atom. The summed E-state index contributed by atoms with van der Waals surface area (Å²) >= 11 is 0. The summed E-state index contributed by atoms with van der Waals surface area (Å²) in [5.41, 5.74) is 6.65. The van der Waals surface area contributed by atoms with Crippen molar-refractivity contribution in [2.24, 2.45) is 0 Å². The second kappa shape index (κ2) is 7.39.